The van der Waals surface area contributed by atoms with Crippen LogP contribution in [0.15, 0.2) is 12.1 Å². The number of rotatable bonds is 2. The standard InChI is InChI=1S/C8H12N2O2.ClH/c1-3-12-8(11)6-4-5-7(9)10(6)2;/h4-5H,3,9H2,1-2H3;1H. The molecule has 1 aromatic rings. The van der Waals surface area contributed by atoms with Crippen LogP contribution < -0.4 is 5.73 Å². The first-order valence-electron chi connectivity index (χ1n) is 3.75. The van der Waals surface area contributed by atoms with E-state index in [9.17, 15) is 4.79 Å². The van der Waals surface area contributed by atoms with Gasteiger partial charge in [-0.1, -0.05) is 0 Å². The zero-order chi connectivity index (χ0) is 9.14. The van der Waals surface area contributed by atoms with Crippen LogP contribution in [0.5, 0.6) is 0 Å². The first-order valence-corrected chi connectivity index (χ1v) is 3.75. The molecule has 74 valence electrons. The fraction of sp³-hybridized carbons (Fsp3) is 0.375. The Morgan fingerprint density at radius 1 is 1.62 bits per heavy atom. The molecular weight excluding hydrogens is 192 g/mol. The minimum atomic E-state index is -0.336. The number of ether oxygens (including phenoxy) is 1. The molecule has 0 aromatic carbocycles. The maximum atomic E-state index is 11.2. The summed E-state index contributed by atoms with van der Waals surface area (Å²) in [5.74, 6) is 0.217. The van der Waals surface area contributed by atoms with Crippen molar-refractivity contribution in [1.82, 2.24) is 4.57 Å². The summed E-state index contributed by atoms with van der Waals surface area (Å²) in [4.78, 5) is 11.2. The van der Waals surface area contributed by atoms with E-state index in [1.54, 1.807) is 30.7 Å². The van der Waals surface area contributed by atoms with E-state index in [1.807, 2.05) is 0 Å². The van der Waals surface area contributed by atoms with Gasteiger partial charge in [-0.3, -0.25) is 0 Å². The van der Waals surface area contributed by atoms with Crippen molar-refractivity contribution in [3.8, 4) is 0 Å². The third-order valence-electron chi connectivity index (χ3n) is 1.65. The minimum absolute atomic E-state index is 0. The van der Waals surface area contributed by atoms with Gasteiger partial charge in [0.25, 0.3) is 0 Å². The van der Waals surface area contributed by atoms with Gasteiger partial charge in [0.1, 0.15) is 11.5 Å². The number of hydrogen-bond acceptors (Lipinski definition) is 3. The predicted octanol–water partition coefficient (Wildman–Crippen LogP) is 1.21. The van der Waals surface area contributed by atoms with Crippen LogP contribution in [0.4, 0.5) is 5.82 Å². The molecule has 0 radical (unpaired) electrons. The molecule has 1 rings (SSSR count). The Labute approximate surface area is 83.1 Å². The molecule has 0 fully saturated rings. The number of nitrogens with zero attached hydrogens (tertiary/aromatic N) is 1. The van der Waals surface area contributed by atoms with Crippen LogP contribution in [0.2, 0.25) is 0 Å². The van der Waals surface area contributed by atoms with E-state index in [0.717, 1.165) is 0 Å². The number of anilines is 1. The van der Waals surface area contributed by atoms with Crippen molar-refractivity contribution in [3.63, 3.8) is 0 Å². The topological polar surface area (TPSA) is 57.2 Å². The third-order valence-corrected chi connectivity index (χ3v) is 1.65. The molecule has 0 bridgehead atoms. The summed E-state index contributed by atoms with van der Waals surface area (Å²) in [7, 11) is 1.72. The zero-order valence-corrected chi connectivity index (χ0v) is 8.43. The van der Waals surface area contributed by atoms with Gasteiger partial charge < -0.3 is 15.0 Å². The van der Waals surface area contributed by atoms with Crippen LogP contribution in [-0.4, -0.2) is 17.1 Å². The number of carbonyl (C=O) groups excluding carboxylic acids is 1. The van der Waals surface area contributed by atoms with Crippen molar-refractivity contribution in [1.29, 1.82) is 0 Å². The molecule has 0 spiro atoms. The van der Waals surface area contributed by atoms with Gasteiger partial charge in [-0.25, -0.2) is 4.79 Å². The van der Waals surface area contributed by atoms with Gasteiger partial charge in [0, 0.05) is 7.05 Å². The maximum Gasteiger partial charge on any atom is 0.354 e. The van der Waals surface area contributed by atoms with E-state index >= 15 is 0 Å². The minimum Gasteiger partial charge on any atom is -0.461 e. The van der Waals surface area contributed by atoms with Gasteiger partial charge >= 0.3 is 5.97 Å². The highest BCUT2D eigenvalue weighted by Gasteiger charge is 2.10. The number of hydrogen-bond donors (Lipinski definition) is 1. The van der Waals surface area contributed by atoms with Crippen LogP contribution in [0, 0.1) is 0 Å². The molecule has 0 aliphatic heterocycles. The highest BCUT2D eigenvalue weighted by atomic mass is 35.5. The predicted molar refractivity (Wildman–Crippen MR) is 53.0 cm³/mol. The van der Waals surface area contributed by atoms with Crippen LogP contribution in [-0.2, 0) is 11.8 Å². The lowest BCUT2D eigenvalue weighted by molar-refractivity contribution is 0.0515. The average Bonchev–Trinajstić information content (AvgIpc) is 2.34. The summed E-state index contributed by atoms with van der Waals surface area (Å²) in [6.07, 6.45) is 0. The fourth-order valence-electron chi connectivity index (χ4n) is 0.937. The molecule has 0 atom stereocenters. The van der Waals surface area contributed by atoms with Crippen LogP contribution >= 0.6 is 12.4 Å². The number of carbonyl (C=O) groups is 1. The third kappa shape index (κ3) is 2.39. The number of halogens is 1. The van der Waals surface area contributed by atoms with Crippen LogP contribution in [0.1, 0.15) is 17.4 Å². The average molecular weight is 205 g/mol. The highest BCUT2D eigenvalue weighted by Crippen LogP contribution is 2.09. The molecular formula is C8H13ClN2O2. The Kier molecular flexibility index (Phi) is 4.34. The Morgan fingerprint density at radius 3 is 2.62 bits per heavy atom. The summed E-state index contributed by atoms with van der Waals surface area (Å²) >= 11 is 0. The molecule has 0 saturated heterocycles. The molecule has 4 nitrogen and oxygen atoms in total. The maximum absolute atomic E-state index is 11.2. The quantitative estimate of drug-likeness (QED) is 0.737. The summed E-state index contributed by atoms with van der Waals surface area (Å²) < 4.78 is 6.40. The van der Waals surface area contributed by atoms with Crippen molar-refractivity contribution in [2.45, 2.75) is 6.92 Å². The van der Waals surface area contributed by atoms with Gasteiger partial charge in [-0.15, -0.1) is 12.4 Å². The summed E-state index contributed by atoms with van der Waals surface area (Å²) in [5.41, 5.74) is 6.01. The molecule has 0 saturated carbocycles. The van der Waals surface area contributed by atoms with Gasteiger partial charge in [0.05, 0.1) is 6.61 Å². The molecule has 0 aliphatic rings. The number of aromatic nitrogens is 1. The molecule has 1 aromatic heterocycles. The summed E-state index contributed by atoms with van der Waals surface area (Å²) in [5, 5.41) is 0. The molecule has 5 heteroatoms. The summed E-state index contributed by atoms with van der Waals surface area (Å²) in [6, 6.07) is 3.32. The monoisotopic (exact) mass is 204 g/mol. The zero-order valence-electron chi connectivity index (χ0n) is 7.61. The molecule has 0 unspecified atom stereocenters. The van der Waals surface area contributed by atoms with Crippen molar-refractivity contribution in [2.24, 2.45) is 7.05 Å². The second-order valence-electron chi connectivity index (χ2n) is 2.42. The van der Waals surface area contributed by atoms with E-state index in [0.29, 0.717) is 18.1 Å². The van der Waals surface area contributed by atoms with Gasteiger partial charge in [0.2, 0.25) is 0 Å². The van der Waals surface area contributed by atoms with Crippen molar-refractivity contribution >= 4 is 24.2 Å². The number of esters is 1. The van der Waals surface area contributed by atoms with E-state index in [2.05, 4.69) is 0 Å². The second-order valence-corrected chi connectivity index (χ2v) is 2.42. The number of nitrogens with two attached hydrogens (primary N) is 1. The SMILES string of the molecule is CCOC(=O)c1ccc(N)n1C.Cl. The second kappa shape index (κ2) is 4.77. The first-order chi connectivity index (χ1) is 5.66. The lowest BCUT2D eigenvalue weighted by atomic mass is 10.4. The van der Waals surface area contributed by atoms with E-state index in [1.165, 1.54) is 0 Å². The lowest BCUT2D eigenvalue weighted by Gasteiger charge is -2.03. The summed E-state index contributed by atoms with van der Waals surface area (Å²) in [6.45, 7) is 2.15. The van der Waals surface area contributed by atoms with Crippen molar-refractivity contribution in [2.75, 3.05) is 12.3 Å². The Bertz CT molecular complexity index is 296. The molecule has 0 aliphatic carbocycles. The molecule has 0 amide bonds. The Balaban J connectivity index is 0.00000144. The van der Waals surface area contributed by atoms with Crippen molar-refractivity contribution < 1.29 is 9.53 Å². The molecule has 1 heterocycles. The Morgan fingerprint density at radius 2 is 2.23 bits per heavy atom. The highest BCUT2D eigenvalue weighted by molar-refractivity contribution is 5.88. The Hall–Kier alpha value is -1.16. The largest absolute Gasteiger partial charge is 0.461 e. The fourth-order valence-corrected chi connectivity index (χ4v) is 0.937. The van der Waals surface area contributed by atoms with Gasteiger partial charge in [-0.2, -0.15) is 0 Å². The van der Waals surface area contributed by atoms with Gasteiger partial charge in [-0.05, 0) is 19.1 Å². The normalized spacial score (nSPS) is 9.08. The lowest BCUT2D eigenvalue weighted by Crippen LogP contribution is -2.10. The number of nitrogen functional groups attached to an aromatic ring is 1. The van der Waals surface area contributed by atoms with Gasteiger partial charge in [0.15, 0.2) is 0 Å². The smallest absolute Gasteiger partial charge is 0.354 e. The van der Waals surface area contributed by atoms with E-state index < -0.39 is 0 Å². The van der Waals surface area contributed by atoms with Crippen molar-refractivity contribution in [3.05, 3.63) is 17.8 Å². The molecule has 2 N–H and O–H groups in total. The van der Waals surface area contributed by atoms with E-state index in [4.69, 9.17) is 10.5 Å². The van der Waals surface area contributed by atoms with Crippen LogP contribution in [0.25, 0.3) is 0 Å². The molecule has 13 heavy (non-hydrogen) atoms. The van der Waals surface area contributed by atoms with E-state index in [-0.39, 0.29) is 18.4 Å². The first kappa shape index (κ1) is 11.8. The van der Waals surface area contributed by atoms with Crippen LogP contribution in [0.3, 0.4) is 0 Å².